The second-order valence-corrected chi connectivity index (χ2v) is 5.86. The maximum atomic E-state index is 13.0. The van der Waals surface area contributed by atoms with E-state index in [0.29, 0.717) is 6.61 Å². The van der Waals surface area contributed by atoms with Crippen LogP contribution in [0, 0.1) is 19.7 Å². The minimum Gasteiger partial charge on any atom is -0.371 e. The zero-order valence-electron chi connectivity index (χ0n) is 13.1. The van der Waals surface area contributed by atoms with Crippen LogP contribution < -0.4 is 0 Å². The Morgan fingerprint density at radius 3 is 2.68 bits per heavy atom. The summed E-state index contributed by atoms with van der Waals surface area (Å²) in [4.78, 5) is 2.38. The van der Waals surface area contributed by atoms with Crippen molar-refractivity contribution < 1.29 is 9.13 Å². The molecule has 4 nitrogen and oxygen atoms in total. The molecule has 1 aliphatic heterocycles. The van der Waals surface area contributed by atoms with Gasteiger partial charge in [-0.25, -0.2) is 4.39 Å². The van der Waals surface area contributed by atoms with Gasteiger partial charge < -0.3 is 4.74 Å². The van der Waals surface area contributed by atoms with Crippen LogP contribution in [0.25, 0.3) is 0 Å². The van der Waals surface area contributed by atoms with Gasteiger partial charge in [0, 0.05) is 25.3 Å². The highest BCUT2D eigenvalue weighted by Gasteiger charge is 2.21. The van der Waals surface area contributed by atoms with Gasteiger partial charge in [-0.2, -0.15) is 5.10 Å². The molecule has 3 rings (SSSR count). The lowest BCUT2D eigenvalue weighted by Crippen LogP contribution is -2.40. The van der Waals surface area contributed by atoms with Gasteiger partial charge in [-0.3, -0.25) is 9.58 Å². The summed E-state index contributed by atoms with van der Waals surface area (Å²) in [5.41, 5.74) is 3.29. The normalized spacial score (nSPS) is 19.5. The molecule has 1 atom stereocenters. The van der Waals surface area contributed by atoms with E-state index >= 15 is 0 Å². The zero-order valence-corrected chi connectivity index (χ0v) is 13.1. The van der Waals surface area contributed by atoms with Crippen molar-refractivity contribution >= 4 is 0 Å². The Labute approximate surface area is 130 Å². The summed E-state index contributed by atoms with van der Waals surface area (Å²) in [6.45, 7) is 8.41. The summed E-state index contributed by atoms with van der Waals surface area (Å²) in [6.07, 6.45) is 0.0230. The number of hydrogen-bond acceptors (Lipinski definition) is 3. The van der Waals surface area contributed by atoms with Crippen molar-refractivity contribution in [2.75, 3.05) is 26.2 Å². The molecular weight excluding hydrogens is 281 g/mol. The maximum Gasteiger partial charge on any atom is 0.123 e. The highest BCUT2D eigenvalue weighted by atomic mass is 19.1. The van der Waals surface area contributed by atoms with E-state index < -0.39 is 0 Å². The van der Waals surface area contributed by atoms with Crippen LogP contribution >= 0.6 is 0 Å². The standard InChI is InChI=1S/C17H22FN3O/c1-13-11-14(2)21(19-13)8-7-20-9-10-22-17(12-20)15-3-5-16(18)6-4-15/h3-6,11,17H,7-10,12H2,1-2H3/t17-/m1/s1. The molecule has 1 aromatic heterocycles. The molecule has 1 aliphatic rings. The van der Waals surface area contributed by atoms with Crippen molar-refractivity contribution in [1.82, 2.24) is 14.7 Å². The fourth-order valence-electron chi connectivity index (χ4n) is 2.92. The minimum atomic E-state index is -0.207. The molecule has 0 unspecified atom stereocenters. The summed E-state index contributed by atoms with van der Waals surface area (Å²) in [7, 11) is 0. The van der Waals surface area contributed by atoms with Gasteiger partial charge in [0.1, 0.15) is 5.82 Å². The predicted octanol–water partition coefficient (Wildman–Crippen LogP) is 2.71. The Morgan fingerprint density at radius 2 is 2.00 bits per heavy atom. The molecule has 1 fully saturated rings. The summed E-state index contributed by atoms with van der Waals surface area (Å²) in [5, 5.41) is 4.50. The van der Waals surface area contributed by atoms with Crippen LogP contribution in [0.5, 0.6) is 0 Å². The molecule has 2 aromatic rings. The van der Waals surface area contributed by atoms with Crippen molar-refractivity contribution in [3.05, 3.63) is 53.1 Å². The molecule has 0 saturated carbocycles. The lowest BCUT2D eigenvalue weighted by Gasteiger charge is -2.33. The number of hydrogen-bond donors (Lipinski definition) is 0. The van der Waals surface area contributed by atoms with Crippen LogP contribution in [-0.4, -0.2) is 40.9 Å². The van der Waals surface area contributed by atoms with Gasteiger partial charge in [0.25, 0.3) is 0 Å². The predicted molar refractivity (Wildman–Crippen MR) is 83.2 cm³/mol. The van der Waals surface area contributed by atoms with Crippen LogP contribution in [0.2, 0.25) is 0 Å². The van der Waals surface area contributed by atoms with Gasteiger partial charge in [-0.15, -0.1) is 0 Å². The number of aromatic nitrogens is 2. The van der Waals surface area contributed by atoms with E-state index in [0.717, 1.165) is 37.4 Å². The second kappa shape index (κ2) is 6.58. The fourth-order valence-corrected chi connectivity index (χ4v) is 2.92. The average Bonchev–Trinajstić information content (AvgIpc) is 2.84. The maximum absolute atomic E-state index is 13.0. The van der Waals surface area contributed by atoms with Crippen molar-refractivity contribution in [3.63, 3.8) is 0 Å². The topological polar surface area (TPSA) is 30.3 Å². The highest BCUT2D eigenvalue weighted by molar-refractivity contribution is 5.19. The van der Waals surface area contributed by atoms with Gasteiger partial charge in [-0.05, 0) is 37.6 Å². The van der Waals surface area contributed by atoms with E-state index in [2.05, 4.69) is 27.7 Å². The summed E-state index contributed by atoms with van der Waals surface area (Å²) in [5.74, 6) is -0.207. The van der Waals surface area contributed by atoms with E-state index in [1.807, 2.05) is 19.1 Å². The fraction of sp³-hybridized carbons (Fsp3) is 0.471. The molecule has 0 spiro atoms. The molecule has 0 N–H and O–H groups in total. The molecule has 0 radical (unpaired) electrons. The third-order valence-electron chi connectivity index (χ3n) is 4.12. The molecule has 118 valence electrons. The lowest BCUT2D eigenvalue weighted by molar-refractivity contribution is -0.0311. The summed E-state index contributed by atoms with van der Waals surface area (Å²) < 4.78 is 20.9. The number of ether oxygens (including phenoxy) is 1. The largest absolute Gasteiger partial charge is 0.371 e. The number of aryl methyl sites for hydroxylation is 2. The lowest BCUT2D eigenvalue weighted by atomic mass is 10.1. The van der Waals surface area contributed by atoms with Crippen LogP contribution in [0.15, 0.2) is 30.3 Å². The van der Waals surface area contributed by atoms with Crippen LogP contribution in [0.4, 0.5) is 4.39 Å². The Kier molecular flexibility index (Phi) is 4.55. The first kappa shape index (κ1) is 15.2. The van der Waals surface area contributed by atoms with E-state index in [1.54, 1.807) is 0 Å². The van der Waals surface area contributed by atoms with Crippen molar-refractivity contribution in [1.29, 1.82) is 0 Å². The molecule has 1 saturated heterocycles. The molecule has 0 aliphatic carbocycles. The van der Waals surface area contributed by atoms with Gasteiger partial charge in [-0.1, -0.05) is 12.1 Å². The minimum absolute atomic E-state index is 0.0230. The first-order valence-corrected chi connectivity index (χ1v) is 7.72. The van der Waals surface area contributed by atoms with Crippen molar-refractivity contribution in [2.45, 2.75) is 26.5 Å². The van der Waals surface area contributed by atoms with Gasteiger partial charge in [0.05, 0.1) is 24.9 Å². The van der Waals surface area contributed by atoms with Crippen molar-refractivity contribution in [2.24, 2.45) is 0 Å². The number of nitrogens with zero attached hydrogens (tertiary/aromatic N) is 3. The molecule has 0 bridgehead atoms. The van der Waals surface area contributed by atoms with E-state index in [-0.39, 0.29) is 11.9 Å². The average molecular weight is 303 g/mol. The molecule has 1 aromatic carbocycles. The van der Waals surface area contributed by atoms with Gasteiger partial charge in [0.15, 0.2) is 0 Å². The monoisotopic (exact) mass is 303 g/mol. The first-order valence-electron chi connectivity index (χ1n) is 7.72. The van der Waals surface area contributed by atoms with Gasteiger partial charge in [0.2, 0.25) is 0 Å². The number of rotatable bonds is 4. The van der Waals surface area contributed by atoms with Crippen molar-refractivity contribution in [3.8, 4) is 0 Å². The van der Waals surface area contributed by atoms with Crippen LogP contribution in [0.1, 0.15) is 23.1 Å². The Morgan fingerprint density at radius 1 is 1.23 bits per heavy atom. The first-order chi connectivity index (χ1) is 10.6. The molecule has 5 heteroatoms. The van der Waals surface area contributed by atoms with Crippen LogP contribution in [-0.2, 0) is 11.3 Å². The Hall–Kier alpha value is -1.72. The Bertz CT molecular complexity index is 623. The van der Waals surface area contributed by atoms with E-state index in [4.69, 9.17) is 4.74 Å². The Balaban J connectivity index is 1.58. The number of morpholine rings is 1. The summed E-state index contributed by atoms with van der Waals surface area (Å²) in [6, 6.07) is 8.71. The third-order valence-corrected chi connectivity index (χ3v) is 4.12. The number of halogens is 1. The smallest absolute Gasteiger partial charge is 0.123 e. The van der Waals surface area contributed by atoms with E-state index in [1.165, 1.54) is 17.8 Å². The molecule has 2 heterocycles. The molecule has 0 amide bonds. The van der Waals surface area contributed by atoms with Crippen LogP contribution in [0.3, 0.4) is 0 Å². The van der Waals surface area contributed by atoms with E-state index in [9.17, 15) is 4.39 Å². The quantitative estimate of drug-likeness (QED) is 0.870. The SMILES string of the molecule is Cc1cc(C)n(CCN2CCO[C@@H](c3ccc(F)cc3)C2)n1. The molecule has 22 heavy (non-hydrogen) atoms. The number of benzene rings is 1. The molecular formula is C17H22FN3O. The summed E-state index contributed by atoms with van der Waals surface area (Å²) >= 11 is 0. The third kappa shape index (κ3) is 3.54. The van der Waals surface area contributed by atoms with Gasteiger partial charge >= 0.3 is 0 Å². The highest BCUT2D eigenvalue weighted by Crippen LogP contribution is 2.22. The zero-order chi connectivity index (χ0) is 15.5. The second-order valence-electron chi connectivity index (χ2n) is 5.86.